The molecule has 6 aliphatic heterocycles. The molecule has 6 aliphatic rings. The van der Waals surface area contributed by atoms with Gasteiger partial charge in [0.2, 0.25) is 0 Å². The second-order valence-corrected chi connectivity index (χ2v) is 25.2. The fraction of sp³-hybridized carbons (Fsp3) is 0.574. The van der Waals surface area contributed by atoms with Gasteiger partial charge in [0.05, 0.1) is 90.7 Å². The number of ether oxygens (including phenoxy) is 8. The van der Waals surface area contributed by atoms with E-state index in [4.69, 9.17) is 59.3 Å². The number of nitro groups is 2. The topological polar surface area (TPSA) is 283 Å². The van der Waals surface area contributed by atoms with Crippen LogP contribution in [0.25, 0.3) is 0 Å². The van der Waals surface area contributed by atoms with E-state index >= 15 is 0 Å². The zero-order valence-corrected chi connectivity index (χ0v) is 48.9. The van der Waals surface area contributed by atoms with E-state index < -0.39 is 55.3 Å². The van der Waals surface area contributed by atoms with Crippen LogP contribution in [0.5, 0.6) is 0 Å². The third-order valence-corrected chi connectivity index (χ3v) is 17.2. The van der Waals surface area contributed by atoms with E-state index in [1.807, 2.05) is 20.8 Å². The Bertz CT molecular complexity index is 2930. The number of hydrogen-bond donors (Lipinski definition) is 2. The molecule has 0 aliphatic carbocycles. The van der Waals surface area contributed by atoms with E-state index in [2.05, 4.69) is 4.99 Å². The van der Waals surface area contributed by atoms with Gasteiger partial charge < -0.3 is 49.4 Å². The Balaban J connectivity index is 0.000000177. The monoisotopic (exact) mass is 1190 g/mol. The highest BCUT2D eigenvalue weighted by Gasteiger charge is 2.57. The number of nitrogens with two attached hydrogens (primary N) is 2. The number of amidine groups is 1. The van der Waals surface area contributed by atoms with Crippen LogP contribution in [0.3, 0.4) is 0 Å². The van der Waals surface area contributed by atoms with Crippen LogP contribution in [0.1, 0.15) is 71.1 Å². The zero-order valence-electron chi connectivity index (χ0n) is 46.4. The van der Waals surface area contributed by atoms with Gasteiger partial charge in [0, 0.05) is 103 Å². The van der Waals surface area contributed by atoms with Crippen LogP contribution in [0.2, 0.25) is 0 Å². The SMILES string of the molecule is COC[C@H]1OC[C@]2(c3cc(N)ccc3F)N=C(CC(=O)OC(C)(C)C)SC[C@H]12.COC[C@H]1OC[C@]2(c3cc([N+](=O)[O-])ccc3F)N=C(CC(=O)OC(C)(C)C)SC[C@H]12.COC[C@H]1OC[C@]2(c3cc([N+](=O)[O-])ccc3F)N=C(N)SC[C@H]12. The first-order valence-corrected chi connectivity index (χ1v) is 28.7. The van der Waals surface area contributed by atoms with Crippen molar-refractivity contribution < 1.29 is 70.5 Å². The van der Waals surface area contributed by atoms with E-state index in [9.17, 15) is 43.0 Å². The molecule has 9 atom stereocenters. The highest BCUT2D eigenvalue weighted by atomic mass is 32.2. The van der Waals surface area contributed by atoms with Gasteiger partial charge >= 0.3 is 11.9 Å². The Hall–Kier alpha value is -5.39. The summed E-state index contributed by atoms with van der Waals surface area (Å²) in [5, 5.41) is 23.8. The molecular formula is C54H68F3N7O14S3. The van der Waals surface area contributed by atoms with Gasteiger partial charge in [0.1, 0.15) is 45.3 Å². The predicted octanol–water partition coefficient (Wildman–Crippen LogP) is 8.26. The molecule has 0 aromatic heterocycles. The summed E-state index contributed by atoms with van der Waals surface area (Å²) in [5.41, 5.74) is 8.14. The number of thioether (sulfide) groups is 3. The number of nitrogen functional groups attached to an aromatic ring is 1. The van der Waals surface area contributed by atoms with Gasteiger partial charge in [-0.3, -0.25) is 39.8 Å². The maximum absolute atomic E-state index is 14.9. The molecular weight excluding hydrogens is 1120 g/mol. The number of hydrogen-bond acceptors (Lipinski definition) is 22. The minimum Gasteiger partial charge on any atom is -0.460 e. The number of aliphatic imine (C=N–C) groups is 3. The second-order valence-electron chi connectivity index (χ2n) is 22.0. The van der Waals surface area contributed by atoms with Gasteiger partial charge in [0.25, 0.3) is 11.4 Å². The number of non-ortho nitro benzene ring substituents is 2. The maximum Gasteiger partial charge on any atom is 0.312 e. The molecule has 442 valence electrons. The average Bonchev–Trinajstić information content (AvgIpc) is 4.32. The third kappa shape index (κ3) is 14.5. The standard InChI is InChI=1S/C20H25FN2O6S.C20H27FN2O4S.C14H16FN3O4S/c1-19(2,3)29-18(24)8-17-22-20(11-28-16(9-27-4)14(20)10-30-17)13-7-12(23(25)26)5-6-15(13)21;1-19(2,3)27-18(24)8-17-23-20(13-7-12(22)5-6-15(13)21)11-26-16(9-25-4)14(20)10-28-17;1-21-5-12-10-6-23-13(16)17-14(10,7-22-12)9-4-8(18(19)20)2-3-11(9)15/h5-7,14,16H,8-11H2,1-4H3;5-7,14,16H,8-11,22H2,1-4H3;2-4,10,12H,5-7H2,1H3,(H2,16,17)/t2*14-,16-,20-;10-,12-,14-/m111/s1. The number of halogens is 3. The van der Waals surface area contributed by atoms with Crippen LogP contribution < -0.4 is 11.5 Å². The van der Waals surface area contributed by atoms with Crippen LogP contribution >= 0.6 is 35.3 Å². The van der Waals surface area contributed by atoms with E-state index in [1.54, 1.807) is 48.2 Å². The highest BCUT2D eigenvalue weighted by Crippen LogP contribution is 2.52. The van der Waals surface area contributed by atoms with Crippen molar-refractivity contribution in [3.05, 3.63) is 109 Å². The molecule has 3 saturated heterocycles. The van der Waals surface area contributed by atoms with Crippen molar-refractivity contribution in [2.75, 3.05) is 84.0 Å². The summed E-state index contributed by atoms with van der Waals surface area (Å²) in [4.78, 5) is 59.8. The number of nitrogens with zero attached hydrogens (tertiary/aromatic N) is 5. The molecule has 9 rings (SSSR count). The summed E-state index contributed by atoms with van der Waals surface area (Å²) in [5.74, 6) is -1.10. The lowest BCUT2D eigenvalue weighted by atomic mass is 9.78. The summed E-state index contributed by atoms with van der Waals surface area (Å²) < 4.78 is 88.2. The van der Waals surface area contributed by atoms with Crippen LogP contribution in [0.15, 0.2) is 69.6 Å². The Morgan fingerprint density at radius 3 is 1.30 bits per heavy atom. The summed E-state index contributed by atoms with van der Waals surface area (Å²) >= 11 is 4.25. The number of carbonyl (C=O) groups excluding carboxylic acids is 2. The molecule has 3 aromatic rings. The Morgan fingerprint density at radius 2 is 0.938 bits per heavy atom. The van der Waals surface area contributed by atoms with Crippen LogP contribution in [0, 0.1) is 55.4 Å². The molecule has 21 nitrogen and oxygen atoms in total. The molecule has 81 heavy (non-hydrogen) atoms. The average molecular weight is 1190 g/mol. The first kappa shape index (κ1) is 63.2. The summed E-state index contributed by atoms with van der Waals surface area (Å²) in [6, 6.07) is 11.4. The van der Waals surface area contributed by atoms with E-state index in [0.29, 0.717) is 63.6 Å². The molecule has 0 spiro atoms. The number of rotatable bonds is 15. The third-order valence-electron chi connectivity index (χ3n) is 14.1. The zero-order chi connectivity index (χ0) is 59.2. The van der Waals surface area contributed by atoms with Crippen molar-refractivity contribution in [1.82, 2.24) is 0 Å². The lowest BCUT2D eigenvalue weighted by molar-refractivity contribution is -0.385. The Morgan fingerprint density at radius 1 is 0.593 bits per heavy atom. The first-order chi connectivity index (χ1) is 38.2. The number of fused-ring (bicyclic) bond motifs is 3. The first-order valence-electron chi connectivity index (χ1n) is 25.8. The van der Waals surface area contributed by atoms with Crippen molar-refractivity contribution in [2.24, 2.45) is 38.5 Å². The van der Waals surface area contributed by atoms with Crippen molar-refractivity contribution in [1.29, 1.82) is 0 Å². The number of nitro benzene ring substituents is 2. The van der Waals surface area contributed by atoms with Gasteiger partial charge in [-0.1, -0.05) is 11.8 Å². The van der Waals surface area contributed by atoms with E-state index in [1.165, 1.54) is 59.6 Å². The van der Waals surface area contributed by atoms with E-state index in [0.717, 1.165) is 24.3 Å². The normalized spacial score (nSPS) is 27.6. The number of benzene rings is 3. The highest BCUT2D eigenvalue weighted by molar-refractivity contribution is 8.14. The largest absolute Gasteiger partial charge is 0.460 e. The Kier molecular flexibility index (Phi) is 20.3. The molecule has 0 bridgehead atoms. The fourth-order valence-corrected chi connectivity index (χ4v) is 14.3. The molecule has 6 heterocycles. The van der Waals surface area contributed by atoms with Gasteiger partial charge in [-0.2, -0.15) is 0 Å². The van der Waals surface area contributed by atoms with Gasteiger partial charge in [0.15, 0.2) is 5.17 Å². The molecule has 0 saturated carbocycles. The van der Waals surface area contributed by atoms with Crippen molar-refractivity contribution >= 4 is 79.5 Å². The van der Waals surface area contributed by atoms with Crippen LogP contribution in [-0.4, -0.2) is 145 Å². The van der Waals surface area contributed by atoms with Gasteiger partial charge in [-0.05, 0) is 71.9 Å². The maximum atomic E-state index is 14.9. The molecule has 27 heteroatoms. The Labute approximate surface area is 479 Å². The molecule has 3 fully saturated rings. The molecule has 0 radical (unpaired) electrons. The molecule has 0 amide bonds. The number of esters is 2. The molecule has 4 N–H and O–H groups in total. The lowest BCUT2D eigenvalue weighted by Crippen LogP contribution is -2.43. The van der Waals surface area contributed by atoms with Gasteiger partial charge in [-0.25, -0.2) is 18.2 Å². The minimum atomic E-state index is -1.16. The smallest absolute Gasteiger partial charge is 0.312 e. The number of anilines is 1. The summed E-state index contributed by atoms with van der Waals surface area (Å²) in [6.45, 7) is 12.2. The lowest BCUT2D eigenvalue weighted by Gasteiger charge is -2.36. The van der Waals surface area contributed by atoms with E-state index in [-0.39, 0.29) is 103 Å². The predicted molar refractivity (Wildman–Crippen MR) is 302 cm³/mol. The number of methoxy groups -OCH3 is 3. The van der Waals surface area contributed by atoms with Crippen LogP contribution in [0.4, 0.5) is 30.2 Å². The van der Waals surface area contributed by atoms with Crippen molar-refractivity contribution in [3.63, 3.8) is 0 Å². The number of carbonyl (C=O) groups is 2. The quantitative estimate of drug-likeness (QED) is 0.0626. The minimum absolute atomic E-state index is 0.0438. The van der Waals surface area contributed by atoms with Crippen LogP contribution in [-0.2, 0) is 64.1 Å². The van der Waals surface area contributed by atoms with Crippen molar-refractivity contribution in [2.45, 2.75) is 101 Å². The van der Waals surface area contributed by atoms with Crippen molar-refractivity contribution in [3.8, 4) is 0 Å². The fourth-order valence-electron chi connectivity index (χ4n) is 10.6. The molecule has 3 aromatic carbocycles. The second kappa shape index (κ2) is 26.0. The molecule has 0 unspecified atom stereocenters. The summed E-state index contributed by atoms with van der Waals surface area (Å²) in [6.07, 6.45) is -0.807. The van der Waals surface area contributed by atoms with Gasteiger partial charge in [-0.15, -0.1) is 23.5 Å². The summed E-state index contributed by atoms with van der Waals surface area (Å²) in [7, 11) is 4.72.